The second-order valence-electron chi connectivity index (χ2n) is 2.72. The zero-order valence-corrected chi connectivity index (χ0v) is 15.2. The number of rotatable bonds is 1. The zero-order valence-electron chi connectivity index (χ0n) is 12.2. The first-order chi connectivity index (χ1) is 5.57. The van der Waals surface area contributed by atoms with Crippen LogP contribution in [-0.4, -0.2) is 62.8 Å². The number of hydrogen-bond acceptors (Lipinski definition) is 6. The second-order valence-corrected chi connectivity index (χ2v) is 2.72. The van der Waals surface area contributed by atoms with Crippen LogP contribution in [0.15, 0.2) is 0 Å². The molecule has 1 aliphatic rings. The molecule has 5 N–H and O–H groups in total. The van der Waals surface area contributed by atoms with Gasteiger partial charge in [-0.3, -0.25) is 0 Å². The fraction of sp³-hybridized carbons (Fsp3) is 1.00. The minimum absolute atomic E-state index is 0. The van der Waals surface area contributed by atoms with Crippen LogP contribution >= 0.6 is 0 Å². The van der Waals surface area contributed by atoms with E-state index in [-0.39, 0.29) is 93.0 Å². The summed E-state index contributed by atoms with van der Waals surface area (Å²) in [5, 5.41) is 44.7. The predicted octanol–water partition coefficient (Wildman–Crippen LogP) is -11.9. The molecule has 1 heterocycles. The molecule has 78 valence electrons. The van der Waals surface area contributed by atoms with Crippen molar-refractivity contribution >= 4 is 0 Å². The van der Waals surface area contributed by atoms with Gasteiger partial charge in [0, 0.05) is 0 Å². The Balaban J connectivity index is -0.0000000600. The van der Waals surface area contributed by atoms with Crippen molar-refractivity contribution < 1.29 is 123 Å². The van der Waals surface area contributed by atoms with E-state index in [0.29, 0.717) is 0 Å². The van der Waals surface area contributed by atoms with Gasteiger partial charge in [0.15, 0.2) is 6.29 Å². The SMILES string of the molecule is OC[C@H]1OC(O)[C@H](O)[C@@H](O)[C@@H]1O.[H-].[H-].[H-].[Na+].[Na+].[Na+]. The largest absolute Gasteiger partial charge is 1.00 e. The van der Waals surface area contributed by atoms with Gasteiger partial charge in [0.25, 0.3) is 0 Å². The molecule has 0 aromatic heterocycles. The summed E-state index contributed by atoms with van der Waals surface area (Å²) >= 11 is 0. The zero-order chi connectivity index (χ0) is 9.30. The fourth-order valence-electron chi connectivity index (χ4n) is 1.08. The van der Waals surface area contributed by atoms with Crippen LogP contribution in [-0.2, 0) is 4.74 Å². The maximum Gasteiger partial charge on any atom is 1.00 e. The van der Waals surface area contributed by atoms with E-state index in [0.717, 1.165) is 0 Å². The van der Waals surface area contributed by atoms with E-state index < -0.39 is 37.3 Å². The van der Waals surface area contributed by atoms with Gasteiger partial charge in [-0.25, -0.2) is 0 Å². The Bertz CT molecular complexity index is 169. The first kappa shape index (κ1) is 22.9. The van der Waals surface area contributed by atoms with Gasteiger partial charge >= 0.3 is 88.7 Å². The number of aliphatic hydroxyl groups is 5. The van der Waals surface area contributed by atoms with Gasteiger partial charge in [-0.05, 0) is 0 Å². The van der Waals surface area contributed by atoms with Crippen molar-refractivity contribution in [1.29, 1.82) is 0 Å². The van der Waals surface area contributed by atoms with Gasteiger partial charge < -0.3 is 34.5 Å². The van der Waals surface area contributed by atoms with Crippen LogP contribution in [0.2, 0.25) is 0 Å². The molecule has 0 aromatic carbocycles. The molecule has 9 heteroatoms. The van der Waals surface area contributed by atoms with E-state index in [1.165, 1.54) is 0 Å². The topological polar surface area (TPSA) is 110 Å². The molecule has 1 fully saturated rings. The third-order valence-electron chi connectivity index (χ3n) is 1.87. The average molecular weight is 252 g/mol. The quantitative estimate of drug-likeness (QED) is 0.296. The van der Waals surface area contributed by atoms with Gasteiger partial charge in [0.1, 0.15) is 24.4 Å². The minimum Gasteiger partial charge on any atom is -1.00 e. The first-order valence-corrected chi connectivity index (χ1v) is 3.56. The molecule has 15 heavy (non-hydrogen) atoms. The standard InChI is InChI=1S/C6H12O6.3Na.3H/c7-1-2-3(8)4(9)5(10)6(11)12-2;;;;;;/h2-11H,1H2;;;;;;/q;3*+1;3*-1/t2-,3-,4+,5-,6?;;;;;;/m1....../s1. The normalized spacial score (nSPS) is 39.4. The van der Waals surface area contributed by atoms with E-state index in [1.807, 2.05) is 0 Å². The molecule has 0 aliphatic carbocycles. The van der Waals surface area contributed by atoms with Crippen LogP contribution in [0.3, 0.4) is 0 Å². The number of ether oxygens (including phenoxy) is 1. The van der Waals surface area contributed by atoms with Gasteiger partial charge in [-0.15, -0.1) is 0 Å². The Kier molecular flexibility index (Phi) is 16.3. The molecular formula is C6H15Na3O6. The Morgan fingerprint density at radius 2 is 1.33 bits per heavy atom. The van der Waals surface area contributed by atoms with Crippen molar-refractivity contribution in [3.63, 3.8) is 0 Å². The van der Waals surface area contributed by atoms with Gasteiger partial charge in [-0.2, -0.15) is 0 Å². The van der Waals surface area contributed by atoms with Crippen molar-refractivity contribution in [2.24, 2.45) is 0 Å². The van der Waals surface area contributed by atoms with Crippen LogP contribution in [0.4, 0.5) is 0 Å². The van der Waals surface area contributed by atoms with Crippen LogP contribution in [0.5, 0.6) is 0 Å². The molecule has 0 bridgehead atoms. The molecular weight excluding hydrogens is 237 g/mol. The molecule has 6 nitrogen and oxygen atoms in total. The summed E-state index contributed by atoms with van der Waals surface area (Å²) in [6.45, 7) is -0.526. The van der Waals surface area contributed by atoms with E-state index in [2.05, 4.69) is 4.74 Å². The summed E-state index contributed by atoms with van der Waals surface area (Å²) in [4.78, 5) is 0. The van der Waals surface area contributed by atoms with Gasteiger partial charge in [-0.1, -0.05) is 0 Å². The maximum atomic E-state index is 9.12. The molecule has 0 aromatic rings. The molecule has 1 aliphatic heterocycles. The summed E-state index contributed by atoms with van der Waals surface area (Å²) in [6, 6.07) is 0. The summed E-state index contributed by atoms with van der Waals surface area (Å²) in [5.74, 6) is 0. The average Bonchev–Trinajstić information content (AvgIpc) is 2.08. The van der Waals surface area contributed by atoms with Crippen molar-refractivity contribution in [1.82, 2.24) is 0 Å². The Morgan fingerprint density at radius 3 is 1.73 bits per heavy atom. The van der Waals surface area contributed by atoms with Crippen LogP contribution in [0.1, 0.15) is 4.28 Å². The fourth-order valence-corrected chi connectivity index (χ4v) is 1.08. The third-order valence-corrected chi connectivity index (χ3v) is 1.87. The van der Waals surface area contributed by atoms with E-state index in [4.69, 9.17) is 25.5 Å². The van der Waals surface area contributed by atoms with Crippen LogP contribution in [0, 0.1) is 0 Å². The summed E-state index contributed by atoms with van der Waals surface area (Å²) in [6.07, 6.45) is -7.04. The number of hydrogen-bond donors (Lipinski definition) is 5. The summed E-state index contributed by atoms with van der Waals surface area (Å²) in [7, 11) is 0. The molecule has 0 radical (unpaired) electrons. The predicted molar refractivity (Wildman–Crippen MR) is 39.3 cm³/mol. The molecule has 1 unspecified atom stereocenters. The first-order valence-electron chi connectivity index (χ1n) is 3.56. The maximum absolute atomic E-state index is 9.12. The Hall–Kier alpha value is 2.76. The smallest absolute Gasteiger partial charge is 1.00 e. The molecule has 0 saturated carbocycles. The minimum atomic E-state index is -1.57. The molecule has 0 spiro atoms. The van der Waals surface area contributed by atoms with Crippen molar-refractivity contribution in [2.75, 3.05) is 6.61 Å². The van der Waals surface area contributed by atoms with Crippen LogP contribution in [0.25, 0.3) is 0 Å². The molecule has 0 amide bonds. The monoisotopic (exact) mass is 252 g/mol. The second kappa shape index (κ2) is 10.7. The van der Waals surface area contributed by atoms with Crippen LogP contribution < -0.4 is 88.7 Å². The van der Waals surface area contributed by atoms with E-state index in [1.54, 1.807) is 0 Å². The Labute approximate surface area is 158 Å². The van der Waals surface area contributed by atoms with Crippen molar-refractivity contribution in [2.45, 2.75) is 30.7 Å². The van der Waals surface area contributed by atoms with Gasteiger partial charge in [0.05, 0.1) is 6.61 Å². The van der Waals surface area contributed by atoms with Crippen molar-refractivity contribution in [3.05, 3.63) is 0 Å². The van der Waals surface area contributed by atoms with E-state index in [9.17, 15) is 0 Å². The molecule has 5 atom stereocenters. The summed E-state index contributed by atoms with van der Waals surface area (Å²) in [5.41, 5.74) is 0. The number of aliphatic hydroxyl groups excluding tert-OH is 5. The third kappa shape index (κ3) is 5.96. The van der Waals surface area contributed by atoms with Gasteiger partial charge in [0.2, 0.25) is 0 Å². The van der Waals surface area contributed by atoms with Crippen molar-refractivity contribution in [3.8, 4) is 0 Å². The Morgan fingerprint density at radius 1 is 0.867 bits per heavy atom. The summed E-state index contributed by atoms with van der Waals surface area (Å²) < 4.78 is 4.58. The molecule has 1 rings (SSSR count). The molecule has 1 saturated heterocycles. The van der Waals surface area contributed by atoms with E-state index >= 15 is 0 Å².